The number of amides is 1. The maximum absolute atomic E-state index is 11.2. The zero-order valence-electron chi connectivity index (χ0n) is 9.46. The van der Waals surface area contributed by atoms with Crippen molar-refractivity contribution in [2.24, 2.45) is 0 Å². The SMILES string of the molecule is CCOC(=O)Nc1cnn(-c2ccccc2)c1. The summed E-state index contributed by atoms with van der Waals surface area (Å²) in [4.78, 5) is 11.2. The van der Waals surface area contributed by atoms with Gasteiger partial charge in [-0.15, -0.1) is 0 Å². The van der Waals surface area contributed by atoms with E-state index in [0.717, 1.165) is 5.69 Å². The third-order valence-corrected chi connectivity index (χ3v) is 2.13. The van der Waals surface area contributed by atoms with Gasteiger partial charge in [0.1, 0.15) is 0 Å². The van der Waals surface area contributed by atoms with Crippen LogP contribution >= 0.6 is 0 Å². The molecule has 0 saturated heterocycles. The van der Waals surface area contributed by atoms with Crippen LogP contribution in [-0.4, -0.2) is 22.5 Å². The van der Waals surface area contributed by atoms with E-state index in [2.05, 4.69) is 10.4 Å². The van der Waals surface area contributed by atoms with Crippen molar-refractivity contribution < 1.29 is 9.53 Å². The fourth-order valence-electron chi connectivity index (χ4n) is 1.39. The van der Waals surface area contributed by atoms with Crippen LogP contribution in [0.25, 0.3) is 5.69 Å². The Morgan fingerprint density at radius 1 is 1.41 bits per heavy atom. The van der Waals surface area contributed by atoms with E-state index in [0.29, 0.717) is 12.3 Å². The maximum Gasteiger partial charge on any atom is 0.411 e. The summed E-state index contributed by atoms with van der Waals surface area (Å²) in [5.74, 6) is 0. The lowest BCUT2D eigenvalue weighted by Gasteiger charge is -2.01. The molecule has 5 heteroatoms. The smallest absolute Gasteiger partial charge is 0.411 e. The summed E-state index contributed by atoms with van der Waals surface area (Å²) < 4.78 is 6.46. The summed E-state index contributed by atoms with van der Waals surface area (Å²) in [6, 6.07) is 9.65. The average molecular weight is 231 g/mol. The van der Waals surface area contributed by atoms with Crippen molar-refractivity contribution in [3.8, 4) is 5.69 Å². The molecule has 0 fully saturated rings. The standard InChI is InChI=1S/C12H13N3O2/c1-2-17-12(16)14-10-8-13-15(9-10)11-6-4-3-5-7-11/h3-9H,2H2,1H3,(H,14,16). The molecule has 0 aliphatic rings. The van der Waals surface area contributed by atoms with Crippen LogP contribution in [0.3, 0.4) is 0 Å². The van der Waals surface area contributed by atoms with Crippen LogP contribution in [0.5, 0.6) is 0 Å². The van der Waals surface area contributed by atoms with Crippen molar-refractivity contribution in [1.82, 2.24) is 9.78 Å². The molecular weight excluding hydrogens is 218 g/mol. The molecule has 1 aromatic heterocycles. The second-order valence-electron chi connectivity index (χ2n) is 3.35. The zero-order valence-corrected chi connectivity index (χ0v) is 9.46. The van der Waals surface area contributed by atoms with Gasteiger partial charge in [0.25, 0.3) is 0 Å². The highest BCUT2D eigenvalue weighted by Crippen LogP contribution is 2.11. The maximum atomic E-state index is 11.2. The normalized spacial score (nSPS) is 9.94. The van der Waals surface area contributed by atoms with Gasteiger partial charge in [0.05, 0.1) is 30.4 Å². The van der Waals surface area contributed by atoms with Gasteiger partial charge >= 0.3 is 6.09 Å². The number of anilines is 1. The van der Waals surface area contributed by atoms with E-state index >= 15 is 0 Å². The molecule has 1 amide bonds. The second kappa shape index (κ2) is 5.16. The third-order valence-electron chi connectivity index (χ3n) is 2.13. The van der Waals surface area contributed by atoms with Gasteiger partial charge in [-0.2, -0.15) is 5.10 Å². The number of nitrogens with one attached hydrogen (secondary N) is 1. The summed E-state index contributed by atoms with van der Waals surface area (Å²) in [7, 11) is 0. The molecule has 0 spiro atoms. The quantitative estimate of drug-likeness (QED) is 0.882. The molecule has 0 atom stereocenters. The van der Waals surface area contributed by atoms with Crippen molar-refractivity contribution in [3.05, 3.63) is 42.7 Å². The largest absolute Gasteiger partial charge is 0.450 e. The van der Waals surface area contributed by atoms with E-state index in [1.165, 1.54) is 0 Å². The molecule has 0 aliphatic heterocycles. The molecular formula is C12H13N3O2. The Balaban J connectivity index is 2.09. The fourth-order valence-corrected chi connectivity index (χ4v) is 1.39. The first-order chi connectivity index (χ1) is 8.29. The van der Waals surface area contributed by atoms with Crippen molar-refractivity contribution in [1.29, 1.82) is 0 Å². The Hall–Kier alpha value is -2.30. The number of aromatic nitrogens is 2. The van der Waals surface area contributed by atoms with Crippen molar-refractivity contribution >= 4 is 11.8 Å². The van der Waals surface area contributed by atoms with Crippen LogP contribution in [0.2, 0.25) is 0 Å². The molecule has 2 rings (SSSR count). The van der Waals surface area contributed by atoms with Gasteiger partial charge in [-0.3, -0.25) is 5.32 Å². The van der Waals surface area contributed by atoms with Crippen LogP contribution in [0.1, 0.15) is 6.92 Å². The minimum absolute atomic E-state index is 0.346. The highest BCUT2D eigenvalue weighted by atomic mass is 16.5. The van der Waals surface area contributed by atoms with Crippen molar-refractivity contribution in [3.63, 3.8) is 0 Å². The predicted molar refractivity (Wildman–Crippen MR) is 64.2 cm³/mol. The Bertz CT molecular complexity index is 493. The molecule has 2 aromatic rings. The van der Waals surface area contributed by atoms with Gasteiger partial charge in [-0.25, -0.2) is 9.48 Å². The summed E-state index contributed by atoms with van der Waals surface area (Å²) in [6.45, 7) is 2.10. The molecule has 0 aliphatic carbocycles. The van der Waals surface area contributed by atoms with Crippen LogP contribution in [0, 0.1) is 0 Å². The number of ether oxygens (including phenoxy) is 1. The Labute approximate surface area is 99.0 Å². The predicted octanol–water partition coefficient (Wildman–Crippen LogP) is 2.44. The fraction of sp³-hybridized carbons (Fsp3) is 0.167. The van der Waals surface area contributed by atoms with E-state index in [9.17, 15) is 4.79 Å². The summed E-state index contributed by atoms with van der Waals surface area (Å²) >= 11 is 0. The molecule has 0 unspecified atom stereocenters. The molecule has 1 heterocycles. The van der Waals surface area contributed by atoms with Crippen LogP contribution in [0.15, 0.2) is 42.7 Å². The van der Waals surface area contributed by atoms with E-state index in [1.807, 2.05) is 30.3 Å². The third kappa shape index (κ3) is 2.84. The van der Waals surface area contributed by atoms with Gasteiger partial charge in [-0.05, 0) is 19.1 Å². The molecule has 0 radical (unpaired) electrons. The Kier molecular flexibility index (Phi) is 3.40. The van der Waals surface area contributed by atoms with Crippen molar-refractivity contribution in [2.45, 2.75) is 6.92 Å². The first-order valence-electron chi connectivity index (χ1n) is 5.33. The van der Waals surface area contributed by atoms with Gasteiger partial charge < -0.3 is 4.74 Å². The lowest BCUT2D eigenvalue weighted by atomic mass is 10.3. The highest BCUT2D eigenvalue weighted by Gasteiger charge is 2.04. The van der Waals surface area contributed by atoms with Crippen LogP contribution in [0.4, 0.5) is 10.5 Å². The molecule has 1 aromatic carbocycles. The lowest BCUT2D eigenvalue weighted by Crippen LogP contribution is -2.12. The number of hydrogen-bond donors (Lipinski definition) is 1. The lowest BCUT2D eigenvalue weighted by molar-refractivity contribution is 0.168. The summed E-state index contributed by atoms with van der Waals surface area (Å²) in [5, 5.41) is 6.73. The summed E-state index contributed by atoms with van der Waals surface area (Å²) in [5.41, 5.74) is 1.54. The van der Waals surface area contributed by atoms with E-state index < -0.39 is 6.09 Å². The van der Waals surface area contributed by atoms with E-state index in [4.69, 9.17) is 4.74 Å². The monoisotopic (exact) mass is 231 g/mol. The average Bonchev–Trinajstić information content (AvgIpc) is 2.79. The molecule has 1 N–H and O–H groups in total. The van der Waals surface area contributed by atoms with Gasteiger partial charge in [-0.1, -0.05) is 18.2 Å². The first kappa shape index (κ1) is 11.2. The molecule has 5 nitrogen and oxygen atoms in total. The van der Waals surface area contributed by atoms with Crippen molar-refractivity contribution in [2.75, 3.05) is 11.9 Å². The molecule has 0 bridgehead atoms. The second-order valence-corrected chi connectivity index (χ2v) is 3.35. The van der Waals surface area contributed by atoms with Gasteiger partial charge in [0.2, 0.25) is 0 Å². The molecule has 88 valence electrons. The highest BCUT2D eigenvalue weighted by molar-refractivity contribution is 5.84. The van der Waals surface area contributed by atoms with Crippen LogP contribution in [-0.2, 0) is 4.74 Å². The number of para-hydroxylation sites is 1. The summed E-state index contributed by atoms with van der Waals surface area (Å²) in [6.07, 6.45) is 2.83. The first-order valence-corrected chi connectivity index (χ1v) is 5.33. The van der Waals surface area contributed by atoms with Crippen LogP contribution < -0.4 is 5.32 Å². The minimum atomic E-state index is -0.472. The zero-order chi connectivity index (χ0) is 12.1. The molecule has 17 heavy (non-hydrogen) atoms. The Morgan fingerprint density at radius 3 is 2.88 bits per heavy atom. The number of carbonyl (C=O) groups excluding carboxylic acids is 1. The number of carbonyl (C=O) groups is 1. The van der Waals surface area contributed by atoms with E-state index in [-0.39, 0.29) is 0 Å². The molecule has 0 saturated carbocycles. The number of hydrogen-bond acceptors (Lipinski definition) is 3. The number of benzene rings is 1. The van der Waals surface area contributed by atoms with Gasteiger partial charge in [0.15, 0.2) is 0 Å². The minimum Gasteiger partial charge on any atom is -0.450 e. The Morgan fingerprint density at radius 2 is 2.18 bits per heavy atom. The number of nitrogens with zero attached hydrogens (tertiary/aromatic N) is 2. The number of rotatable bonds is 3. The van der Waals surface area contributed by atoms with E-state index in [1.54, 1.807) is 24.0 Å². The topological polar surface area (TPSA) is 56.1 Å². The van der Waals surface area contributed by atoms with Gasteiger partial charge in [0, 0.05) is 0 Å².